The summed E-state index contributed by atoms with van der Waals surface area (Å²) < 4.78 is 5.31. The van der Waals surface area contributed by atoms with E-state index in [0.717, 1.165) is 19.1 Å². The highest BCUT2D eigenvalue weighted by atomic mass is 16.5. The van der Waals surface area contributed by atoms with Crippen molar-refractivity contribution in [1.29, 1.82) is 0 Å². The monoisotopic (exact) mass is 168 g/mol. The van der Waals surface area contributed by atoms with Gasteiger partial charge < -0.3 is 9.53 Å². The second-order valence-electron chi connectivity index (χ2n) is 3.10. The number of carbonyl (C=O) groups excluding carboxylic acids is 1. The first-order valence-electron chi connectivity index (χ1n) is 4.65. The highest BCUT2D eigenvalue weighted by molar-refractivity contribution is 5.50. The summed E-state index contributed by atoms with van der Waals surface area (Å²) in [5, 5.41) is 0. The van der Waals surface area contributed by atoms with Crippen LogP contribution in [0.15, 0.2) is 12.2 Å². The summed E-state index contributed by atoms with van der Waals surface area (Å²) in [6.45, 7) is 0.231. The molecule has 0 N–H and O–H groups in total. The summed E-state index contributed by atoms with van der Waals surface area (Å²) in [6, 6.07) is 0. The Hall–Kier alpha value is -0.630. The first-order valence-corrected chi connectivity index (χ1v) is 4.65. The normalized spacial score (nSPS) is 24.5. The molecule has 0 aromatic rings. The van der Waals surface area contributed by atoms with Gasteiger partial charge >= 0.3 is 0 Å². The smallest absolute Gasteiger partial charge is 0.145 e. The molecule has 12 heavy (non-hydrogen) atoms. The number of aldehydes is 1. The van der Waals surface area contributed by atoms with Crippen LogP contribution in [-0.2, 0) is 9.53 Å². The molecule has 1 atom stereocenters. The molecular weight excluding hydrogens is 152 g/mol. The fourth-order valence-corrected chi connectivity index (χ4v) is 1.43. The number of rotatable bonds is 3. The van der Waals surface area contributed by atoms with Crippen LogP contribution in [0.25, 0.3) is 0 Å². The van der Waals surface area contributed by atoms with E-state index in [1.165, 1.54) is 19.3 Å². The van der Waals surface area contributed by atoms with Gasteiger partial charge in [-0.25, -0.2) is 0 Å². The molecule has 68 valence electrons. The predicted octanol–water partition coefficient (Wildman–Crippen LogP) is 2.09. The summed E-state index contributed by atoms with van der Waals surface area (Å²) in [7, 11) is 0. The lowest BCUT2D eigenvalue weighted by molar-refractivity contribution is -0.113. The van der Waals surface area contributed by atoms with Crippen molar-refractivity contribution in [3.63, 3.8) is 0 Å². The number of ether oxygens (including phenoxy) is 1. The Balaban J connectivity index is 2.27. The minimum atomic E-state index is 0.176. The maximum Gasteiger partial charge on any atom is 0.145 e. The lowest BCUT2D eigenvalue weighted by Gasteiger charge is -2.14. The Morgan fingerprint density at radius 3 is 3.17 bits per heavy atom. The second kappa shape index (κ2) is 5.95. The highest BCUT2D eigenvalue weighted by Gasteiger charge is 2.05. The van der Waals surface area contributed by atoms with Crippen molar-refractivity contribution in [2.75, 3.05) is 6.61 Å². The van der Waals surface area contributed by atoms with E-state index in [4.69, 9.17) is 4.74 Å². The minimum absolute atomic E-state index is 0.176. The molecule has 0 aromatic carbocycles. The molecule has 0 aromatic heterocycles. The molecule has 0 radical (unpaired) electrons. The standard InChI is InChI=1S/C10H16O2/c11-8-9-12-10-6-4-2-1-3-5-7-10/h4,6,8,10H,1-3,5,7,9H2. The van der Waals surface area contributed by atoms with E-state index in [0.29, 0.717) is 0 Å². The SMILES string of the molecule is O=CCOC1C=CCCCCC1. The van der Waals surface area contributed by atoms with Gasteiger partial charge in [0.25, 0.3) is 0 Å². The van der Waals surface area contributed by atoms with Crippen LogP contribution in [0, 0.1) is 0 Å². The van der Waals surface area contributed by atoms with E-state index in [-0.39, 0.29) is 12.7 Å². The van der Waals surface area contributed by atoms with Crippen LogP contribution in [0.1, 0.15) is 32.1 Å². The largest absolute Gasteiger partial charge is 0.367 e. The number of hydrogen-bond donors (Lipinski definition) is 0. The van der Waals surface area contributed by atoms with E-state index in [1.54, 1.807) is 0 Å². The molecule has 1 aliphatic rings. The van der Waals surface area contributed by atoms with Crippen LogP contribution < -0.4 is 0 Å². The van der Waals surface area contributed by atoms with Gasteiger partial charge in [0, 0.05) is 0 Å². The Labute approximate surface area is 73.6 Å². The summed E-state index contributed by atoms with van der Waals surface area (Å²) in [5.41, 5.74) is 0. The third-order valence-corrected chi connectivity index (χ3v) is 2.09. The lowest BCUT2D eigenvalue weighted by atomic mass is 10.0. The molecule has 2 nitrogen and oxygen atoms in total. The van der Waals surface area contributed by atoms with Crippen molar-refractivity contribution in [3.8, 4) is 0 Å². The molecule has 0 heterocycles. The maximum absolute atomic E-state index is 10.1. The average Bonchev–Trinajstić information content (AvgIpc) is 2.02. The summed E-state index contributed by atoms with van der Waals surface area (Å²) in [6.07, 6.45) is 11.2. The van der Waals surface area contributed by atoms with E-state index in [9.17, 15) is 4.79 Å². The fourth-order valence-electron chi connectivity index (χ4n) is 1.43. The zero-order chi connectivity index (χ0) is 8.65. The van der Waals surface area contributed by atoms with Crippen LogP contribution >= 0.6 is 0 Å². The first-order chi connectivity index (χ1) is 5.93. The van der Waals surface area contributed by atoms with E-state index >= 15 is 0 Å². The quantitative estimate of drug-likeness (QED) is 0.476. The van der Waals surface area contributed by atoms with Crippen molar-refractivity contribution in [3.05, 3.63) is 12.2 Å². The number of allylic oxidation sites excluding steroid dienone is 1. The molecule has 0 spiro atoms. The van der Waals surface area contributed by atoms with Crippen molar-refractivity contribution >= 4 is 6.29 Å². The Morgan fingerprint density at radius 1 is 1.42 bits per heavy atom. The Morgan fingerprint density at radius 2 is 2.33 bits per heavy atom. The van der Waals surface area contributed by atoms with Gasteiger partial charge in [0.1, 0.15) is 12.9 Å². The molecule has 0 saturated carbocycles. The molecule has 0 bridgehead atoms. The first kappa shape index (κ1) is 9.46. The number of hydrogen-bond acceptors (Lipinski definition) is 2. The van der Waals surface area contributed by atoms with Crippen molar-refractivity contribution in [2.45, 2.75) is 38.2 Å². The molecule has 1 rings (SSSR count). The highest BCUT2D eigenvalue weighted by Crippen LogP contribution is 2.13. The Kier molecular flexibility index (Phi) is 4.69. The zero-order valence-electron chi connectivity index (χ0n) is 7.37. The summed E-state index contributed by atoms with van der Waals surface area (Å²) >= 11 is 0. The number of carbonyl (C=O) groups is 1. The summed E-state index contributed by atoms with van der Waals surface area (Å²) in [4.78, 5) is 10.1. The summed E-state index contributed by atoms with van der Waals surface area (Å²) in [5.74, 6) is 0. The average molecular weight is 168 g/mol. The maximum atomic E-state index is 10.1. The van der Waals surface area contributed by atoms with Gasteiger partial charge in [0.15, 0.2) is 0 Å². The van der Waals surface area contributed by atoms with Crippen LogP contribution in [0.4, 0.5) is 0 Å². The van der Waals surface area contributed by atoms with Crippen LogP contribution in [0.3, 0.4) is 0 Å². The third kappa shape index (κ3) is 3.67. The van der Waals surface area contributed by atoms with Gasteiger partial charge in [0.05, 0.1) is 6.10 Å². The molecule has 0 saturated heterocycles. The van der Waals surface area contributed by atoms with Gasteiger partial charge in [-0.15, -0.1) is 0 Å². The Bertz CT molecular complexity index is 152. The van der Waals surface area contributed by atoms with E-state index in [1.807, 2.05) is 0 Å². The zero-order valence-corrected chi connectivity index (χ0v) is 7.37. The van der Waals surface area contributed by atoms with Crippen molar-refractivity contribution < 1.29 is 9.53 Å². The lowest BCUT2D eigenvalue weighted by Crippen LogP contribution is -2.12. The minimum Gasteiger partial charge on any atom is -0.367 e. The van der Waals surface area contributed by atoms with Gasteiger partial charge in [-0.3, -0.25) is 0 Å². The molecular formula is C10H16O2. The van der Waals surface area contributed by atoms with E-state index in [2.05, 4.69) is 12.2 Å². The topological polar surface area (TPSA) is 26.3 Å². The predicted molar refractivity (Wildman–Crippen MR) is 48.0 cm³/mol. The molecule has 2 heteroatoms. The fraction of sp³-hybridized carbons (Fsp3) is 0.700. The molecule has 0 fully saturated rings. The molecule has 1 unspecified atom stereocenters. The van der Waals surface area contributed by atoms with Gasteiger partial charge in [-0.2, -0.15) is 0 Å². The van der Waals surface area contributed by atoms with Gasteiger partial charge in [-0.1, -0.05) is 25.0 Å². The van der Waals surface area contributed by atoms with Crippen LogP contribution in [0.2, 0.25) is 0 Å². The van der Waals surface area contributed by atoms with Gasteiger partial charge in [-0.05, 0) is 19.3 Å². The molecule has 0 amide bonds. The molecule has 0 aliphatic heterocycles. The van der Waals surface area contributed by atoms with Gasteiger partial charge in [0.2, 0.25) is 0 Å². The molecule has 1 aliphatic carbocycles. The van der Waals surface area contributed by atoms with Crippen LogP contribution in [0.5, 0.6) is 0 Å². The van der Waals surface area contributed by atoms with Crippen LogP contribution in [-0.4, -0.2) is 19.0 Å². The second-order valence-corrected chi connectivity index (χ2v) is 3.10. The van der Waals surface area contributed by atoms with Crippen molar-refractivity contribution in [2.24, 2.45) is 0 Å². The van der Waals surface area contributed by atoms with Crippen molar-refractivity contribution in [1.82, 2.24) is 0 Å². The van der Waals surface area contributed by atoms with E-state index < -0.39 is 0 Å². The third-order valence-electron chi connectivity index (χ3n) is 2.09.